The average Bonchev–Trinajstić information content (AvgIpc) is 2.21. The fourth-order valence-corrected chi connectivity index (χ4v) is 1.47. The van der Waals surface area contributed by atoms with Gasteiger partial charge in [0.05, 0.1) is 6.61 Å². The molecule has 0 heterocycles. The van der Waals surface area contributed by atoms with Crippen molar-refractivity contribution in [3.05, 3.63) is 35.4 Å². The molecule has 1 aromatic rings. The first-order valence-electron chi connectivity index (χ1n) is 5.53. The lowest BCUT2D eigenvalue weighted by Gasteiger charge is -2.19. The number of nitrogens with one attached hydrogen (secondary N) is 1. The number of rotatable bonds is 5. The van der Waals surface area contributed by atoms with Crippen molar-refractivity contribution in [1.82, 2.24) is 5.32 Å². The second-order valence-electron chi connectivity index (χ2n) is 4.40. The largest absolute Gasteiger partial charge is 0.395 e. The molecular weight excluding hydrogens is 186 g/mol. The number of aliphatic hydroxyl groups is 1. The summed E-state index contributed by atoms with van der Waals surface area (Å²) in [6.07, 6.45) is 0. The highest BCUT2D eigenvalue weighted by atomic mass is 16.3. The van der Waals surface area contributed by atoms with Crippen molar-refractivity contribution in [2.45, 2.75) is 33.4 Å². The van der Waals surface area contributed by atoms with E-state index in [0.717, 1.165) is 6.54 Å². The third-order valence-corrected chi connectivity index (χ3v) is 2.69. The van der Waals surface area contributed by atoms with Crippen LogP contribution < -0.4 is 5.32 Å². The van der Waals surface area contributed by atoms with Crippen molar-refractivity contribution >= 4 is 0 Å². The molecule has 2 nitrogen and oxygen atoms in total. The van der Waals surface area contributed by atoms with Gasteiger partial charge in [0.15, 0.2) is 0 Å². The predicted molar refractivity (Wildman–Crippen MR) is 63.7 cm³/mol. The average molecular weight is 207 g/mol. The van der Waals surface area contributed by atoms with Gasteiger partial charge in [-0.25, -0.2) is 0 Å². The van der Waals surface area contributed by atoms with Gasteiger partial charge in [-0.3, -0.25) is 0 Å². The molecule has 0 aliphatic heterocycles. The number of benzene rings is 1. The molecule has 2 N–H and O–H groups in total. The molecule has 0 bridgehead atoms. The van der Waals surface area contributed by atoms with Crippen molar-refractivity contribution in [3.63, 3.8) is 0 Å². The minimum Gasteiger partial charge on any atom is -0.395 e. The third-order valence-electron chi connectivity index (χ3n) is 2.69. The molecule has 1 rings (SSSR count). The molecule has 0 aliphatic rings. The van der Waals surface area contributed by atoms with Crippen LogP contribution in [0, 0.1) is 12.8 Å². The lowest BCUT2D eigenvalue weighted by molar-refractivity contribution is 0.210. The summed E-state index contributed by atoms with van der Waals surface area (Å²) in [5.41, 5.74) is 2.54. The Labute approximate surface area is 92.3 Å². The highest BCUT2D eigenvalue weighted by molar-refractivity contribution is 5.21. The summed E-state index contributed by atoms with van der Waals surface area (Å²) in [5.74, 6) is 0.459. The van der Waals surface area contributed by atoms with Crippen LogP contribution in [0.5, 0.6) is 0 Å². The van der Waals surface area contributed by atoms with Gasteiger partial charge in [0.1, 0.15) is 0 Å². The van der Waals surface area contributed by atoms with E-state index in [9.17, 15) is 0 Å². The molecule has 2 heteroatoms. The predicted octanol–water partition coefficient (Wildman–Crippen LogP) is 2.10. The van der Waals surface area contributed by atoms with Gasteiger partial charge in [-0.05, 0) is 18.4 Å². The van der Waals surface area contributed by atoms with Gasteiger partial charge in [0, 0.05) is 12.6 Å². The Hall–Kier alpha value is -0.860. The topological polar surface area (TPSA) is 32.3 Å². The summed E-state index contributed by atoms with van der Waals surface area (Å²) in [5, 5.41) is 12.5. The van der Waals surface area contributed by atoms with Crippen molar-refractivity contribution in [2.24, 2.45) is 5.92 Å². The van der Waals surface area contributed by atoms with E-state index in [4.69, 9.17) is 5.11 Å². The Morgan fingerprint density at radius 2 is 1.80 bits per heavy atom. The van der Waals surface area contributed by atoms with E-state index in [1.165, 1.54) is 11.1 Å². The van der Waals surface area contributed by atoms with Crippen LogP contribution >= 0.6 is 0 Å². The second kappa shape index (κ2) is 5.89. The molecule has 1 aromatic carbocycles. The van der Waals surface area contributed by atoms with Crippen LogP contribution in [0.3, 0.4) is 0 Å². The standard InChI is InChI=1S/C13H21NO/c1-10(2)13(9-15)14-8-12-6-4-11(3)5-7-12/h4-7,10,13-15H,8-9H2,1-3H3. The van der Waals surface area contributed by atoms with E-state index in [1.807, 2.05) is 0 Å². The summed E-state index contributed by atoms with van der Waals surface area (Å²) in [6, 6.07) is 8.65. The molecule has 0 spiro atoms. The monoisotopic (exact) mass is 207 g/mol. The SMILES string of the molecule is Cc1ccc(CNC(CO)C(C)C)cc1. The van der Waals surface area contributed by atoms with E-state index < -0.39 is 0 Å². The molecular formula is C13H21NO. The van der Waals surface area contributed by atoms with Crippen LogP contribution in [0.15, 0.2) is 24.3 Å². The Balaban J connectivity index is 2.45. The number of hydrogen-bond donors (Lipinski definition) is 2. The lowest BCUT2D eigenvalue weighted by atomic mass is 10.0. The molecule has 0 saturated heterocycles. The van der Waals surface area contributed by atoms with E-state index in [1.54, 1.807) is 0 Å². The van der Waals surface area contributed by atoms with E-state index in [0.29, 0.717) is 5.92 Å². The van der Waals surface area contributed by atoms with Crippen LogP contribution in [0.1, 0.15) is 25.0 Å². The fourth-order valence-electron chi connectivity index (χ4n) is 1.47. The minimum atomic E-state index is 0.186. The van der Waals surface area contributed by atoms with Gasteiger partial charge in [0.25, 0.3) is 0 Å². The van der Waals surface area contributed by atoms with Crippen LogP contribution in [0.2, 0.25) is 0 Å². The van der Waals surface area contributed by atoms with Crippen LogP contribution in [0.25, 0.3) is 0 Å². The lowest BCUT2D eigenvalue weighted by Crippen LogP contribution is -2.36. The number of hydrogen-bond acceptors (Lipinski definition) is 2. The van der Waals surface area contributed by atoms with Gasteiger partial charge in [-0.1, -0.05) is 43.7 Å². The summed E-state index contributed by atoms with van der Waals surface area (Å²) in [6.45, 7) is 7.33. The summed E-state index contributed by atoms with van der Waals surface area (Å²) in [7, 11) is 0. The summed E-state index contributed by atoms with van der Waals surface area (Å²) < 4.78 is 0. The first-order valence-corrected chi connectivity index (χ1v) is 5.53. The van der Waals surface area contributed by atoms with E-state index in [2.05, 4.69) is 50.4 Å². The third kappa shape index (κ3) is 4.02. The first-order chi connectivity index (χ1) is 7.13. The molecule has 1 unspecified atom stereocenters. The van der Waals surface area contributed by atoms with Crippen molar-refractivity contribution in [3.8, 4) is 0 Å². The normalized spacial score (nSPS) is 13.1. The molecule has 0 fully saturated rings. The maximum atomic E-state index is 9.16. The van der Waals surface area contributed by atoms with Crippen LogP contribution in [-0.4, -0.2) is 17.8 Å². The van der Waals surface area contributed by atoms with Crippen molar-refractivity contribution < 1.29 is 5.11 Å². The number of aryl methyl sites for hydroxylation is 1. The highest BCUT2D eigenvalue weighted by Crippen LogP contribution is 2.05. The van der Waals surface area contributed by atoms with Crippen molar-refractivity contribution in [2.75, 3.05) is 6.61 Å². The molecule has 1 atom stereocenters. The molecule has 0 aliphatic carbocycles. The van der Waals surface area contributed by atoms with Crippen LogP contribution in [0.4, 0.5) is 0 Å². The van der Waals surface area contributed by atoms with Gasteiger partial charge < -0.3 is 10.4 Å². The summed E-state index contributed by atoms with van der Waals surface area (Å²) >= 11 is 0. The molecule has 0 radical (unpaired) electrons. The minimum absolute atomic E-state index is 0.186. The quantitative estimate of drug-likeness (QED) is 0.775. The number of aliphatic hydroxyl groups excluding tert-OH is 1. The zero-order valence-corrected chi connectivity index (χ0v) is 9.83. The van der Waals surface area contributed by atoms with E-state index >= 15 is 0 Å². The van der Waals surface area contributed by atoms with Gasteiger partial charge in [-0.15, -0.1) is 0 Å². The Morgan fingerprint density at radius 3 is 2.27 bits per heavy atom. The maximum Gasteiger partial charge on any atom is 0.0587 e. The Bertz CT molecular complexity index is 279. The smallest absolute Gasteiger partial charge is 0.0587 e. The molecule has 0 amide bonds. The fraction of sp³-hybridized carbons (Fsp3) is 0.538. The van der Waals surface area contributed by atoms with Crippen molar-refractivity contribution in [1.29, 1.82) is 0 Å². The van der Waals surface area contributed by atoms with Gasteiger partial charge >= 0.3 is 0 Å². The van der Waals surface area contributed by atoms with Gasteiger partial charge in [0.2, 0.25) is 0 Å². The summed E-state index contributed by atoms with van der Waals surface area (Å²) in [4.78, 5) is 0. The first kappa shape index (κ1) is 12.2. The zero-order valence-electron chi connectivity index (χ0n) is 9.83. The molecule has 0 saturated carbocycles. The van der Waals surface area contributed by atoms with Crippen LogP contribution in [-0.2, 0) is 6.54 Å². The Kier molecular flexibility index (Phi) is 4.79. The Morgan fingerprint density at radius 1 is 1.20 bits per heavy atom. The van der Waals surface area contributed by atoms with Gasteiger partial charge in [-0.2, -0.15) is 0 Å². The zero-order chi connectivity index (χ0) is 11.3. The molecule has 15 heavy (non-hydrogen) atoms. The second-order valence-corrected chi connectivity index (χ2v) is 4.40. The molecule has 0 aromatic heterocycles. The van der Waals surface area contributed by atoms with E-state index in [-0.39, 0.29) is 12.6 Å². The highest BCUT2D eigenvalue weighted by Gasteiger charge is 2.10. The molecule has 84 valence electrons. The maximum absolute atomic E-state index is 9.16.